The SMILES string of the molecule is O=S([O-])NNCc1cccnc1. The van der Waals surface area contributed by atoms with Gasteiger partial charge >= 0.3 is 0 Å². The maximum atomic E-state index is 10.0. The number of hydrogen-bond acceptors (Lipinski definition) is 4. The zero-order valence-corrected chi connectivity index (χ0v) is 7.00. The van der Waals surface area contributed by atoms with Crippen molar-refractivity contribution >= 4 is 11.3 Å². The van der Waals surface area contributed by atoms with Crippen molar-refractivity contribution in [1.29, 1.82) is 0 Å². The van der Waals surface area contributed by atoms with Crippen LogP contribution in [0, 0.1) is 0 Å². The third-order valence-electron chi connectivity index (χ3n) is 1.17. The molecular weight excluding hydrogens is 178 g/mol. The monoisotopic (exact) mass is 186 g/mol. The summed E-state index contributed by atoms with van der Waals surface area (Å²) in [5.74, 6) is 0. The summed E-state index contributed by atoms with van der Waals surface area (Å²) in [7, 11) is 0. The minimum Gasteiger partial charge on any atom is -0.759 e. The molecule has 1 rings (SSSR count). The van der Waals surface area contributed by atoms with Gasteiger partial charge in [0.25, 0.3) is 0 Å². The van der Waals surface area contributed by atoms with E-state index < -0.39 is 11.3 Å². The fraction of sp³-hybridized carbons (Fsp3) is 0.167. The zero-order valence-electron chi connectivity index (χ0n) is 6.19. The molecule has 1 heterocycles. The maximum absolute atomic E-state index is 10.0. The van der Waals surface area contributed by atoms with Crippen molar-refractivity contribution in [3.8, 4) is 0 Å². The highest BCUT2D eigenvalue weighted by atomic mass is 32.2. The van der Waals surface area contributed by atoms with Crippen LogP contribution in [0.5, 0.6) is 0 Å². The fourth-order valence-corrected chi connectivity index (χ4v) is 0.890. The van der Waals surface area contributed by atoms with E-state index in [1.807, 2.05) is 10.9 Å². The van der Waals surface area contributed by atoms with Gasteiger partial charge < -0.3 is 4.55 Å². The van der Waals surface area contributed by atoms with E-state index in [0.717, 1.165) is 5.56 Å². The van der Waals surface area contributed by atoms with E-state index in [1.165, 1.54) is 0 Å². The largest absolute Gasteiger partial charge is 0.759 e. The summed E-state index contributed by atoms with van der Waals surface area (Å²) in [6.07, 6.45) is 3.31. The molecule has 0 aliphatic rings. The first kappa shape index (κ1) is 9.27. The lowest BCUT2D eigenvalue weighted by Crippen LogP contribution is -2.32. The van der Waals surface area contributed by atoms with Crippen molar-refractivity contribution in [1.82, 2.24) is 15.2 Å². The van der Waals surface area contributed by atoms with Crippen LogP contribution in [-0.4, -0.2) is 13.7 Å². The molecule has 5 nitrogen and oxygen atoms in total. The lowest BCUT2D eigenvalue weighted by atomic mass is 10.3. The van der Waals surface area contributed by atoms with Gasteiger partial charge in [0.1, 0.15) is 0 Å². The molecule has 0 saturated heterocycles. The smallest absolute Gasteiger partial charge is 0.0375 e. The second-order valence-corrected chi connectivity index (χ2v) is 2.73. The van der Waals surface area contributed by atoms with Crippen molar-refractivity contribution in [2.24, 2.45) is 0 Å². The minimum atomic E-state index is -2.27. The van der Waals surface area contributed by atoms with E-state index in [1.54, 1.807) is 18.5 Å². The molecule has 0 aliphatic carbocycles. The predicted octanol–water partition coefficient (Wildman–Crippen LogP) is -0.530. The molecule has 0 radical (unpaired) electrons. The molecule has 1 unspecified atom stereocenters. The second kappa shape index (κ2) is 4.94. The average molecular weight is 186 g/mol. The van der Waals surface area contributed by atoms with Gasteiger partial charge in [-0.15, -0.1) is 0 Å². The van der Waals surface area contributed by atoms with Gasteiger partial charge in [0.2, 0.25) is 0 Å². The quantitative estimate of drug-likeness (QED) is 0.489. The molecule has 6 heteroatoms. The van der Waals surface area contributed by atoms with Gasteiger partial charge in [-0.3, -0.25) is 9.19 Å². The topological polar surface area (TPSA) is 77.1 Å². The zero-order chi connectivity index (χ0) is 8.81. The highest BCUT2D eigenvalue weighted by Crippen LogP contribution is 1.92. The summed E-state index contributed by atoms with van der Waals surface area (Å²) < 4.78 is 20.0. The molecule has 12 heavy (non-hydrogen) atoms. The number of nitrogens with one attached hydrogen (secondary N) is 2. The second-order valence-electron chi connectivity index (χ2n) is 2.05. The minimum absolute atomic E-state index is 0.418. The van der Waals surface area contributed by atoms with Gasteiger partial charge in [0, 0.05) is 30.2 Å². The van der Waals surface area contributed by atoms with Crippen molar-refractivity contribution in [2.75, 3.05) is 0 Å². The van der Waals surface area contributed by atoms with E-state index in [0.29, 0.717) is 6.54 Å². The van der Waals surface area contributed by atoms with E-state index in [2.05, 4.69) is 10.4 Å². The van der Waals surface area contributed by atoms with Gasteiger partial charge in [-0.25, -0.2) is 5.43 Å². The summed E-state index contributed by atoms with van der Waals surface area (Å²) >= 11 is -2.27. The lowest BCUT2D eigenvalue weighted by molar-refractivity contribution is 0.503. The van der Waals surface area contributed by atoms with Gasteiger partial charge in [-0.1, -0.05) is 6.07 Å². The van der Waals surface area contributed by atoms with Crippen molar-refractivity contribution < 1.29 is 8.76 Å². The Kier molecular flexibility index (Phi) is 3.81. The molecule has 0 saturated carbocycles. The van der Waals surface area contributed by atoms with Gasteiger partial charge in [-0.05, 0) is 11.6 Å². The van der Waals surface area contributed by atoms with Crippen LogP contribution in [0.25, 0.3) is 0 Å². The third kappa shape index (κ3) is 3.54. The van der Waals surface area contributed by atoms with E-state index >= 15 is 0 Å². The number of rotatable bonds is 4. The summed E-state index contributed by atoms with van der Waals surface area (Å²) in [6, 6.07) is 3.63. The van der Waals surface area contributed by atoms with Crippen LogP contribution in [0.4, 0.5) is 0 Å². The molecule has 0 aromatic carbocycles. The summed E-state index contributed by atoms with van der Waals surface area (Å²) in [5.41, 5.74) is 3.41. The Morgan fingerprint density at radius 3 is 3.08 bits per heavy atom. The summed E-state index contributed by atoms with van der Waals surface area (Å²) in [5, 5.41) is 0. The molecule has 0 amide bonds. The Hall–Kier alpha value is -0.820. The fourth-order valence-electron chi connectivity index (χ4n) is 0.700. The highest BCUT2D eigenvalue weighted by Gasteiger charge is 1.88. The van der Waals surface area contributed by atoms with E-state index in [4.69, 9.17) is 0 Å². The molecule has 1 aromatic heterocycles. The molecule has 66 valence electrons. The van der Waals surface area contributed by atoms with Crippen LogP contribution >= 0.6 is 0 Å². The standard InChI is InChI=1S/C6H9N3O2S/c10-12(11)9-8-5-6-2-1-3-7-4-6/h1-4,8-9H,5H2,(H,10,11)/p-1. The summed E-state index contributed by atoms with van der Waals surface area (Å²) in [4.78, 5) is 5.89. The molecular formula is C6H8N3O2S-. The van der Waals surface area contributed by atoms with Crippen LogP contribution in [0.3, 0.4) is 0 Å². The Bertz CT molecular complexity index is 254. The molecule has 0 aliphatic heterocycles. The maximum Gasteiger partial charge on any atom is 0.0375 e. The van der Waals surface area contributed by atoms with Crippen LogP contribution in [0.15, 0.2) is 24.5 Å². The van der Waals surface area contributed by atoms with Crippen LogP contribution in [0.1, 0.15) is 5.56 Å². The first-order valence-corrected chi connectivity index (χ1v) is 4.33. The molecule has 0 bridgehead atoms. The first-order chi connectivity index (χ1) is 5.79. The van der Waals surface area contributed by atoms with Gasteiger partial charge in [0.15, 0.2) is 0 Å². The average Bonchev–Trinajstić information content (AvgIpc) is 2.05. The Labute approximate surface area is 72.6 Å². The number of aromatic nitrogens is 1. The van der Waals surface area contributed by atoms with Crippen molar-refractivity contribution in [3.05, 3.63) is 30.1 Å². The van der Waals surface area contributed by atoms with Crippen LogP contribution in [-0.2, 0) is 17.8 Å². The van der Waals surface area contributed by atoms with Crippen molar-refractivity contribution in [3.63, 3.8) is 0 Å². The Morgan fingerprint density at radius 1 is 1.67 bits per heavy atom. The number of hydrazine groups is 1. The Balaban J connectivity index is 2.29. The van der Waals surface area contributed by atoms with Gasteiger partial charge in [-0.2, -0.15) is 4.83 Å². The van der Waals surface area contributed by atoms with E-state index in [9.17, 15) is 8.76 Å². The van der Waals surface area contributed by atoms with Gasteiger partial charge in [0.05, 0.1) is 0 Å². The predicted molar refractivity (Wildman–Crippen MR) is 43.1 cm³/mol. The Morgan fingerprint density at radius 2 is 2.50 bits per heavy atom. The number of pyridine rings is 1. The molecule has 2 N–H and O–H groups in total. The summed E-state index contributed by atoms with van der Waals surface area (Å²) in [6.45, 7) is 0.418. The molecule has 1 atom stereocenters. The van der Waals surface area contributed by atoms with Crippen molar-refractivity contribution in [2.45, 2.75) is 6.54 Å². The van der Waals surface area contributed by atoms with Crippen LogP contribution in [0.2, 0.25) is 0 Å². The normalized spacial score (nSPS) is 12.8. The molecule has 0 spiro atoms. The number of hydrogen-bond donors (Lipinski definition) is 2. The third-order valence-corrected chi connectivity index (χ3v) is 1.48. The van der Waals surface area contributed by atoms with E-state index in [-0.39, 0.29) is 0 Å². The molecule has 0 fully saturated rings. The lowest BCUT2D eigenvalue weighted by Gasteiger charge is -2.07. The number of nitrogens with zero attached hydrogens (tertiary/aromatic N) is 1. The molecule has 1 aromatic rings. The highest BCUT2D eigenvalue weighted by molar-refractivity contribution is 7.76. The first-order valence-electron chi connectivity index (χ1n) is 3.25. The van der Waals surface area contributed by atoms with Crippen LogP contribution < -0.4 is 10.3 Å².